The van der Waals surface area contributed by atoms with Crippen LogP contribution >= 0.6 is 23.4 Å². The fourth-order valence-corrected chi connectivity index (χ4v) is 2.26. The third-order valence-electron chi connectivity index (χ3n) is 2.46. The van der Waals surface area contributed by atoms with Gasteiger partial charge in [0, 0.05) is 23.4 Å². The highest BCUT2D eigenvalue weighted by atomic mass is 35.5. The van der Waals surface area contributed by atoms with E-state index in [4.69, 9.17) is 17.3 Å². The Morgan fingerprint density at radius 2 is 2.33 bits per heavy atom. The fraction of sp³-hybridized carbons (Fsp3) is 0.462. The largest absolute Gasteiger partial charge is 0.355 e. The second-order valence-corrected chi connectivity index (χ2v) is 5.95. The van der Waals surface area contributed by atoms with Gasteiger partial charge in [-0.15, -0.1) is 11.8 Å². The van der Waals surface area contributed by atoms with Crippen LogP contribution in [0.2, 0.25) is 5.02 Å². The topological polar surface area (TPSA) is 55.1 Å². The molecule has 18 heavy (non-hydrogen) atoms. The van der Waals surface area contributed by atoms with Gasteiger partial charge in [0.05, 0.1) is 5.75 Å². The van der Waals surface area contributed by atoms with Crippen molar-refractivity contribution in [2.75, 3.05) is 18.8 Å². The van der Waals surface area contributed by atoms with Crippen molar-refractivity contribution in [3.8, 4) is 0 Å². The zero-order valence-corrected chi connectivity index (χ0v) is 12.1. The van der Waals surface area contributed by atoms with Crippen molar-refractivity contribution in [1.29, 1.82) is 0 Å². The van der Waals surface area contributed by atoms with E-state index in [2.05, 4.69) is 5.32 Å². The Bertz CT molecular complexity index is 387. The molecule has 1 rings (SSSR count). The maximum atomic E-state index is 11.5. The molecule has 3 nitrogen and oxygen atoms in total. The summed E-state index contributed by atoms with van der Waals surface area (Å²) in [6.45, 7) is 3.25. The molecular weight excluding hydrogens is 268 g/mol. The predicted molar refractivity (Wildman–Crippen MR) is 79.1 cm³/mol. The van der Waals surface area contributed by atoms with Crippen molar-refractivity contribution in [3.63, 3.8) is 0 Å². The molecule has 0 aromatic heterocycles. The molecule has 0 saturated carbocycles. The summed E-state index contributed by atoms with van der Waals surface area (Å²) in [5.41, 5.74) is 6.61. The second kappa shape index (κ2) is 8.40. The molecular formula is C13H19ClN2OS. The van der Waals surface area contributed by atoms with Crippen LogP contribution in [0.5, 0.6) is 0 Å². The molecule has 0 aliphatic rings. The number of amides is 1. The van der Waals surface area contributed by atoms with Gasteiger partial charge in [0.25, 0.3) is 0 Å². The van der Waals surface area contributed by atoms with Gasteiger partial charge in [0.15, 0.2) is 0 Å². The lowest BCUT2D eigenvalue weighted by atomic mass is 10.1. The summed E-state index contributed by atoms with van der Waals surface area (Å²) in [5, 5.41) is 3.94. The minimum atomic E-state index is 0.0577. The van der Waals surface area contributed by atoms with Gasteiger partial charge in [-0.1, -0.05) is 30.7 Å². The Morgan fingerprint density at radius 3 is 3.00 bits per heavy atom. The molecule has 100 valence electrons. The van der Waals surface area contributed by atoms with Crippen LogP contribution < -0.4 is 11.1 Å². The summed E-state index contributed by atoms with van der Waals surface area (Å²) in [6, 6.07) is 7.68. The first-order valence-corrected chi connectivity index (χ1v) is 7.37. The Labute approximate surface area is 117 Å². The normalized spacial score (nSPS) is 12.2. The van der Waals surface area contributed by atoms with Gasteiger partial charge in [0.1, 0.15) is 0 Å². The molecule has 0 aliphatic carbocycles. The van der Waals surface area contributed by atoms with Crippen molar-refractivity contribution >= 4 is 29.3 Å². The number of nitrogens with two attached hydrogens (primary N) is 1. The van der Waals surface area contributed by atoms with Crippen molar-refractivity contribution in [3.05, 3.63) is 34.9 Å². The number of rotatable bonds is 7. The highest BCUT2D eigenvalue weighted by molar-refractivity contribution is 8.00. The minimum absolute atomic E-state index is 0.0577. The van der Waals surface area contributed by atoms with E-state index in [-0.39, 0.29) is 5.91 Å². The Kier molecular flexibility index (Phi) is 7.16. The molecule has 0 saturated heterocycles. The third kappa shape index (κ3) is 6.28. The maximum Gasteiger partial charge on any atom is 0.230 e. The Morgan fingerprint density at radius 1 is 1.56 bits per heavy atom. The van der Waals surface area contributed by atoms with Crippen molar-refractivity contribution in [1.82, 2.24) is 5.32 Å². The molecule has 1 atom stereocenters. The summed E-state index contributed by atoms with van der Waals surface area (Å²) in [5.74, 6) is 0.524. The fourth-order valence-electron chi connectivity index (χ4n) is 1.38. The molecule has 1 aromatic carbocycles. The smallest absolute Gasteiger partial charge is 0.230 e. The quantitative estimate of drug-likeness (QED) is 0.807. The van der Waals surface area contributed by atoms with E-state index in [0.29, 0.717) is 24.1 Å². The van der Waals surface area contributed by atoms with Gasteiger partial charge < -0.3 is 11.1 Å². The molecule has 0 bridgehead atoms. The summed E-state index contributed by atoms with van der Waals surface area (Å²) in [6.07, 6.45) is 0.795. The van der Waals surface area contributed by atoms with Crippen LogP contribution in [0.3, 0.4) is 0 Å². The lowest BCUT2D eigenvalue weighted by Gasteiger charge is -2.08. The van der Waals surface area contributed by atoms with Gasteiger partial charge in [-0.05, 0) is 24.1 Å². The zero-order chi connectivity index (χ0) is 13.4. The van der Waals surface area contributed by atoms with Crippen LogP contribution in [0.1, 0.15) is 12.5 Å². The van der Waals surface area contributed by atoms with Gasteiger partial charge in [-0.25, -0.2) is 0 Å². The summed E-state index contributed by atoms with van der Waals surface area (Å²) >= 11 is 7.46. The van der Waals surface area contributed by atoms with Crippen LogP contribution in [0.25, 0.3) is 0 Å². The zero-order valence-electron chi connectivity index (χ0n) is 10.5. The highest BCUT2D eigenvalue weighted by Gasteiger charge is 2.05. The SMILES string of the molecule is CC(CN)SCC(=O)NCCc1cccc(Cl)c1. The van der Waals surface area contributed by atoms with Crippen LogP contribution in [0, 0.1) is 0 Å². The lowest BCUT2D eigenvalue weighted by Crippen LogP contribution is -2.28. The number of carbonyl (C=O) groups excluding carboxylic acids is 1. The Balaban J connectivity index is 2.19. The van der Waals surface area contributed by atoms with Crippen LogP contribution in [0.15, 0.2) is 24.3 Å². The first kappa shape index (κ1) is 15.3. The van der Waals surface area contributed by atoms with E-state index in [9.17, 15) is 4.79 Å². The van der Waals surface area contributed by atoms with E-state index < -0.39 is 0 Å². The molecule has 0 heterocycles. The third-order valence-corrected chi connectivity index (χ3v) is 3.88. The first-order valence-electron chi connectivity index (χ1n) is 5.94. The molecule has 1 amide bonds. The van der Waals surface area contributed by atoms with Gasteiger partial charge in [0.2, 0.25) is 5.91 Å². The second-order valence-electron chi connectivity index (χ2n) is 4.09. The number of benzene rings is 1. The first-order chi connectivity index (χ1) is 8.61. The molecule has 3 N–H and O–H groups in total. The van der Waals surface area contributed by atoms with E-state index in [0.717, 1.165) is 17.0 Å². The molecule has 1 unspecified atom stereocenters. The van der Waals surface area contributed by atoms with Crippen LogP contribution in [-0.2, 0) is 11.2 Å². The van der Waals surface area contributed by atoms with Crippen molar-refractivity contribution in [2.24, 2.45) is 5.73 Å². The van der Waals surface area contributed by atoms with E-state index >= 15 is 0 Å². The minimum Gasteiger partial charge on any atom is -0.355 e. The predicted octanol–water partition coefficient (Wildman–Crippen LogP) is 2.08. The standard InChI is InChI=1S/C13H19ClN2OS/c1-10(8-15)18-9-13(17)16-6-5-11-3-2-4-12(14)7-11/h2-4,7,10H,5-6,8-9,15H2,1H3,(H,16,17). The van der Waals surface area contributed by atoms with E-state index in [1.54, 1.807) is 11.8 Å². The number of thioether (sulfide) groups is 1. The molecule has 1 aromatic rings. The van der Waals surface area contributed by atoms with Gasteiger partial charge in [-0.2, -0.15) is 0 Å². The number of hydrogen-bond donors (Lipinski definition) is 2. The monoisotopic (exact) mass is 286 g/mol. The molecule has 0 radical (unpaired) electrons. The lowest BCUT2D eigenvalue weighted by molar-refractivity contribution is -0.118. The van der Waals surface area contributed by atoms with Crippen molar-refractivity contribution in [2.45, 2.75) is 18.6 Å². The van der Waals surface area contributed by atoms with Gasteiger partial charge >= 0.3 is 0 Å². The van der Waals surface area contributed by atoms with Gasteiger partial charge in [-0.3, -0.25) is 4.79 Å². The summed E-state index contributed by atoms with van der Waals surface area (Å²) in [4.78, 5) is 11.5. The molecule has 0 spiro atoms. The average Bonchev–Trinajstić information content (AvgIpc) is 2.36. The van der Waals surface area contributed by atoms with E-state index in [1.165, 1.54) is 0 Å². The Hall–Kier alpha value is -0.710. The van der Waals surface area contributed by atoms with Crippen LogP contribution in [0.4, 0.5) is 0 Å². The molecule has 0 aliphatic heterocycles. The van der Waals surface area contributed by atoms with Crippen molar-refractivity contribution < 1.29 is 4.79 Å². The highest BCUT2D eigenvalue weighted by Crippen LogP contribution is 2.11. The van der Waals surface area contributed by atoms with E-state index in [1.807, 2.05) is 31.2 Å². The maximum absolute atomic E-state index is 11.5. The number of hydrogen-bond acceptors (Lipinski definition) is 3. The average molecular weight is 287 g/mol. The molecule has 5 heteroatoms. The summed E-state index contributed by atoms with van der Waals surface area (Å²) in [7, 11) is 0. The van der Waals surface area contributed by atoms with Crippen LogP contribution in [-0.4, -0.2) is 30.0 Å². The summed E-state index contributed by atoms with van der Waals surface area (Å²) < 4.78 is 0. The number of halogens is 1. The molecule has 0 fully saturated rings. The number of nitrogens with one attached hydrogen (secondary N) is 1. The number of carbonyl (C=O) groups is 1.